The highest BCUT2D eigenvalue weighted by Gasteiger charge is 2.50. The Kier molecular flexibility index (Phi) is 4.64. The maximum Gasteiger partial charge on any atom is 0.448 e. The van der Waals surface area contributed by atoms with E-state index in [4.69, 9.17) is 0 Å². The van der Waals surface area contributed by atoms with Crippen molar-refractivity contribution in [3.63, 3.8) is 0 Å². The molecule has 0 aromatic heterocycles. The summed E-state index contributed by atoms with van der Waals surface area (Å²) in [5, 5.41) is 0. The van der Waals surface area contributed by atoms with Gasteiger partial charge in [0.15, 0.2) is 5.71 Å². The van der Waals surface area contributed by atoms with Gasteiger partial charge in [-0.05, 0) is 32.4 Å². The Hall–Kier alpha value is -2.56. The molecule has 0 atom stereocenters. The topological polar surface area (TPSA) is 6.25 Å². The smallest absolute Gasteiger partial charge is 0.344 e. The Morgan fingerprint density at radius 3 is 2.13 bits per heavy atom. The minimum Gasteiger partial charge on any atom is -0.344 e. The predicted octanol–water partition coefficient (Wildman–Crippen LogP) is 6.33. The number of likely N-dealkylation sites (N-methyl/N-ethyl adjacent to an activating group) is 1. The van der Waals surface area contributed by atoms with Crippen molar-refractivity contribution in [1.29, 1.82) is 0 Å². The predicted molar refractivity (Wildman–Crippen MR) is 116 cm³/mol. The standard InChI is InChI=1S/C25H28F3N2/c1-6-29-19-13-9-7-11-17(19)23(2,3)21(29)15-22-24(4,5)18-12-8-10-14-20(18)30(22)16-25(26,27)28/h7-15H,6,16H2,1-5H3/q+1. The minimum absolute atomic E-state index is 0.297. The summed E-state index contributed by atoms with van der Waals surface area (Å²) in [4.78, 5) is 2.23. The van der Waals surface area contributed by atoms with E-state index in [1.807, 2.05) is 50.3 Å². The van der Waals surface area contributed by atoms with Crippen LogP contribution in [0.3, 0.4) is 0 Å². The van der Waals surface area contributed by atoms with Crippen molar-refractivity contribution in [2.45, 2.75) is 51.6 Å². The van der Waals surface area contributed by atoms with E-state index in [1.54, 1.807) is 6.07 Å². The summed E-state index contributed by atoms with van der Waals surface area (Å²) in [6.45, 7) is 10.2. The van der Waals surface area contributed by atoms with Crippen LogP contribution in [0.2, 0.25) is 0 Å². The van der Waals surface area contributed by atoms with Gasteiger partial charge in [0.05, 0.1) is 5.41 Å². The van der Waals surface area contributed by atoms with Gasteiger partial charge in [-0.2, -0.15) is 17.7 Å². The van der Waals surface area contributed by atoms with E-state index >= 15 is 0 Å². The molecule has 0 amide bonds. The number of anilines is 1. The lowest BCUT2D eigenvalue weighted by Crippen LogP contribution is -2.34. The molecule has 2 aliphatic heterocycles. The van der Waals surface area contributed by atoms with Crippen LogP contribution in [0.1, 0.15) is 45.7 Å². The minimum atomic E-state index is -4.30. The highest BCUT2D eigenvalue weighted by atomic mass is 19.4. The first-order chi connectivity index (χ1) is 14.0. The maximum absolute atomic E-state index is 13.6. The fourth-order valence-corrected chi connectivity index (χ4v) is 5.02. The monoisotopic (exact) mass is 413 g/mol. The number of benzene rings is 2. The van der Waals surface area contributed by atoms with Gasteiger partial charge in [0.25, 0.3) is 0 Å². The first-order valence-electron chi connectivity index (χ1n) is 10.4. The summed E-state index contributed by atoms with van der Waals surface area (Å²) in [5.41, 5.74) is 4.81. The maximum atomic E-state index is 13.6. The molecular formula is C25H28F3N2+. The summed E-state index contributed by atoms with van der Waals surface area (Å²) in [6, 6.07) is 15.7. The molecule has 2 aromatic rings. The zero-order valence-electron chi connectivity index (χ0n) is 18.1. The van der Waals surface area contributed by atoms with Crippen LogP contribution in [0.15, 0.2) is 60.3 Å². The molecule has 4 rings (SSSR count). The van der Waals surface area contributed by atoms with Gasteiger partial charge >= 0.3 is 6.18 Å². The third-order valence-corrected chi connectivity index (χ3v) is 6.53. The van der Waals surface area contributed by atoms with Crippen molar-refractivity contribution in [2.75, 3.05) is 18.0 Å². The fraction of sp³-hybridized carbons (Fsp3) is 0.400. The molecule has 30 heavy (non-hydrogen) atoms. The molecule has 0 fully saturated rings. The molecule has 0 aliphatic carbocycles. The molecule has 0 saturated carbocycles. The first kappa shape index (κ1) is 20.7. The van der Waals surface area contributed by atoms with E-state index < -0.39 is 18.1 Å². The van der Waals surface area contributed by atoms with Crippen molar-refractivity contribution in [3.05, 3.63) is 71.4 Å². The highest BCUT2D eigenvalue weighted by Crippen LogP contribution is 2.49. The van der Waals surface area contributed by atoms with Crippen LogP contribution in [0.4, 0.5) is 24.5 Å². The Balaban J connectivity index is 1.96. The second kappa shape index (κ2) is 6.73. The van der Waals surface area contributed by atoms with Crippen molar-refractivity contribution in [1.82, 2.24) is 0 Å². The number of allylic oxidation sites excluding steroid dienone is 2. The van der Waals surface area contributed by atoms with Gasteiger partial charge in [-0.1, -0.05) is 50.2 Å². The van der Waals surface area contributed by atoms with Crippen molar-refractivity contribution < 1.29 is 17.7 Å². The van der Waals surface area contributed by atoms with Gasteiger partial charge in [0.1, 0.15) is 0 Å². The van der Waals surface area contributed by atoms with Crippen LogP contribution in [-0.4, -0.2) is 29.6 Å². The summed E-state index contributed by atoms with van der Waals surface area (Å²) in [6.07, 6.45) is -2.29. The molecule has 0 unspecified atom stereocenters. The van der Waals surface area contributed by atoms with Crippen LogP contribution in [0, 0.1) is 0 Å². The molecule has 5 heteroatoms. The van der Waals surface area contributed by atoms with E-state index in [-0.39, 0.29) is 5.41 Å². The molecule has 0 spiro atoms. The lowest BCUT2D eigenvalue weighted by molar-refractivity contribution is -0.480. The molecule has 0 N–H and O–H groups in total. The molecule has 2 aliphatic rings. The van der Waals surface area contributed by atoms with Crippen LogP contribution in [0.5, 0.6) is 0 Å². The Morgan fingerprint density at radius 1 is 0.900 bits per heavy atom. The number of nitrogens with zero attached hydrogens (tertiary/aromatic N) is 2. The van der Waals surface area contributed by atoms with Gasteiger partial charge in [-0.3, -0.25) is 0 Å². The Labute approximate surface area is 176 Å². The molecule has 2 aromatic carbocycles. The van der Waals surface area contributed by atoms with Crippen molar-refractivity contribution >= 4 is 17.1 Å². The number of hydrogen-bond acceptors (Lipinski definition) is 1. The number of para-hydroxylation sites is 2. The van der Waals surface area contributed by atoms with E-state index in [9.17, 15) is 13.2 Å². The van der Waals surface area contributed by atoms with E-state index in [2.05, 4.69) is 37.8 Å². The zero-order valence-corrected chi connectivity index (χ0v) is 18.1. The van der Waals surface area contributed by atoms with Gasteiger partial charge in [-0.25, -0.2) is 0 Å². The van der Waals surface area contributed by atoms with Crippen molar-refractivity contribution in [3.8, 4) is 0 Å². The SMILES string of the molecule is CCN1C(=CC2=[N+](CC(F)(F)F)c3ccccc3C2(C)C)C(C)(C)c2ccccc21. The molecule has 158 valence electrons. The Bertz CT molecular complexity index is 1060. The third kappa shape index (κ3) is 3.06. The lowest BCUT2D eigenvalue weighted by atomic mass is 9.78. The molecule has 0 bridgehead atoms. The van der Waals surface area contributed by atoms with Crippen LogP contribution in [-0.2, 0) is 10.8 Å². The normalized spacial score (nSPS) is 20.7. The number of fused-ring (bicyclic) bond motifs is 2. The number of rotatable bonds is 3. The van der Waals surface area contributed by atoms with Gasteiger partial charge in [-0.15, -0.1) is 0 Å². The summed E-state index contributed by atoms with van der Waals surface area (Å²) >= 11 is 0. The highest BCUT2D eigenvalue weighted by molar-refractivity contribution is 6.04. The number of alkyl halides is 3. The largest absolute Gasteiger partial charge is 0.448 e. The molecule has 2 heterocycles. The molecule has 0 saturated heterocycles. The third-order valence-electron chi connectivity index (χ3n) is 6.53. The average molecular weight is 414 g/mol. The van der Waals surface area contributed by atoms with Crippen LogP contribution >= 0.6 is 0 Å². The second-order valence-electron chi connectivity index (χ2n) is 9.14. The van der Waals surface area contributed by atoms with Crippen LogP contribution in [0.25, 0.3) is 0 Å². The van der Waals surface area contributed by atoms with Gasteiger partial charge < -0.3 is 4.90 Å². The average Bonchev–Trinajstić information content (AvgIpc) is 3.01. The Morgan fingerprint density at radius 2 is 1.50 bits per heavy atom. The molecule has 2 nitrogen and oxygen atoms in total. The van der Waals surface area contributed by atoms with Gasteiger partial charge in [0, 0.05) is 41.1 Å². The van der Waals surface area contributed by atoms with Crippen molar-refractivity contribution in [2.24, 2.45) is 0 Å². The lowest BCUT2D eigenvalue weighted by Gasteiger charge is -2.27. The quantitative estimate of drug-likeness (QED) is 0.533. The number of halogens is 3. The summed E-state index contributed by atoms with van der Waals surface area (Å²) in [5.74, 6) is 0. The van der Waals surface area contributed by atoms with E-state index in [0.29, 0.717) is 11.4 Å². The second-order valence-corrected chi connectivity index (χ2v) is 9.14. The first-order valence-corrected chi connectivity index (χ1v) is 10.4. The molecular weight excluding hydrogens is 385 g/mol. The molecule has 0 radical (unpaired) electrons. The summed E-state index contributed by atoms with van der Waals surface area (Å²) < 4.78 is 42.1. The summed E-state index contributed by atoms with van der Waals surface area (Å²) in [7, 11) is 0. The van der Waals surface area contributed by atoms with E-state index in [0.717, 1.165) is 23.5 Å². The van der Waals surface area contributed by atoms with Gasteiger partial charge in [0.2, 0.25) is 12.2 Å². The van der Waals surface area contributed by atoms with E-state index in [1.165, 1.54) is 10.1 Å². The zero-order chi connectivity index (χ0) is 21.9. The number of hydrogen-bond donors (Lipinski definition) is 0. The van der Waals surface area contributed by atoms with Crippen LogP contribution < -0.4 is 4.90 Å². The fourth-order valence-electron chi connectivity index (χ4n) is 5.02.